The number of likely N-dealkylation sites (tertiary alicyclic amines) is 2. The van der Waals surface area contributed by atoms with Crippen molar-refractivity contribution in [1.82, 2.24) is 15.1 Å². The molecule has 3 aliphatic rings. The van der Waals surface area contributed by atoms with Crippen LogP contribution in [0.15, 0.2) is 4.99 Å². The van der Waals surface area contributed by atoms with E-state index >= 15 is 0 Å². The Bertz CT molecular complexity index is 476. The Kier molecular flexibility index (Phi) is 4.22. The summed E-state index contributed by atoms with van der Waals surface area (Å²) in [5, 5.41) is 3.24. The normalized spacial score (nSPS) is 23.5. The molecule has 0 aromatic carbocycles. The highest BCUT2D eigenvalue weighted by Gasteiger charge is 2.38. The van der Waals surface area contributed by atoms with E-state index in [1.807, 2.05) is 9.80 Å². The van der Waals surface area contributed by atoms with Gasteiger partial charge in [-0.15, -0.1) is 0 Å². The second-order valence-corrected chi connectivity index (χ2v) is 6.58. The van der Waals surface area contributed by atoms with Crippen LogP contribution in [0.1, 0.15) is 38.5 Å². The van der Waals surface area contributed by atoms with Crippen LogP contribution in [-0.4, -0.2) is 65.8 Å². The Balaban J connectivity index is 1.41. The van der Waals surface area contributed by atoms with E-state index in [1.54, 1.807) is 0 Å². The van der Waals surface area contributed by atoms with Gasteiger partial charge in [0.1, 0.15) is 0 Å². The van der Waals surface area contributed by atoms with E-state index in [9.17, 15) is 9.59 Å². The van der Waals surface area contributed by atoms with E-state index in [0.29, 0.717) is 38.4 Å². The fourth-order valence-electron chi connectivity index (χ4n) is 3.55. The molecule has 0 radical (unpaired) electrons. The summed E-state index contributed by atoms with van der Waals surface area (Å²) in [6.07, 6.45) is 4.58. The first-order chi connectivity index (χ1) is 10.6. The molecule has 2 amide bonds. The molecule has 3 rings (SSSR count). The number of amides is 2. The third-order valence-electron chi connectivity index (χ3n) is 5.03. The molecule has 3 N–H and O–H groups in total. The van der Waals surface area contributed by atoms with E-state index in [2.05, 4.69) is 10.3 Å². The minimum absolute atomic E-state index is 0.0494. The topological polar surface area (TPSA) is 91.0 Å². The molecule has 0 bridgehead atoms. The third-order valence-corrected chi connectivity index (χ3v) is 5.03. The van der Waals surface area contributed by atoms with Crippen LogP contribution in [0.4, 0.5) is 0 Å². The van der Waals surface area contributed by atoms with Gasteiger partial charge in [-0.2, -0.15) is 0 Å². The second kappa shape index (κ2) is 6.14. The Hall–Kier alpha value is -1.79. The molecule has 0 saturated carbocycles. The van der Waals surface area contributed by atoms with Crippen LogP contribution in [0.5, 0.6) is 0 Å². The van der Waals surface area contributed by atoms with Gasteiger partial charge in [0, 0.05) is 39.0 Å². The van der Waals surface area contributed by atoms with Crippen LogP contribution in [0.3, 0.4) is 0 Å². The quantitative estimate of drug-likeness (QED) is 0.747. The molecular weight excluding hydrogens is 282 g/mol. The molecule has 122 valence electrons. The van der Waals surface area contributed by atoms with Gasteiger partial charge < -0.3 is 20.9 Å². The van der Waals surface area contributed by atoms with Gasteiger partial charge in [0.25, 0.3) is 0 Å². The molecule has 0 unspecified atom stereocenters. The number of nitrogens with zero attached hydrogens (tertiary/aromatic N) is 3. The van der Waals surface area contributed by atoms with Crippen molar-refractivity contribution in [3.05, 3.63) is 0 Å². The summed E-state index contributed by atoms with van der Waals surface area (Å²) in [6, 6.07) is 0. The summed E-state index contributed by atoms with van der Waals surface area (Å²) in [6.45, 7) is 3.84. The lowest BCUT2D eigenvalue weighted by Gasteiger charge is -2.39. The molecule has 2 saturated heterocycles. The first kappa shape index (κ1) is 15.1. The van der Waals surface area contributed by atoms with Crippen molar-refractivity contribution in [2.75, 3.05) is 32.7 Å². The maximum Gasteiger partial charge on any atom is 0.223 e. The predicted molar refractivity (Wildman–Crippen MR) is 83.2 cm³/mol. The molecule has 0 atom stereocenters. The lowest BCUT2D eigenvalue weighted by molar-refractivity contribution is -0.137. The number of carbonyl (C=O) groups excluding carboxylic acids is 2. The van der Waals surface area contributed by atoms with Crippen LogP contribution >= 0.6 is 0 Å². The van der Waals surface area contributed by atoms with Gasteiger partial charge >= 0.3 is 0 Å². The largest absolute Gasteiger partial charge is 0.370 e. The van der Waals surface area contributed by atoms with E-state index < -0.39 is 0 Å². The van der Waals surface area contributed by atoms with Gasteiger partial charge in [-0.25, -0.2) is 0 Å². The third kappa shape index (κ3) is 3.18. The van der Waals surface area contributed by atoms with E-state index in [4.69, 9.17) is 5.73 Å². The first-order valence-electron chi connectivity index (χ1n) is 8.22. The van der Waals surface area contributed by atoms with Crippen LogP contribution in [-0.2, 0) is 9.59 Å². The van der Waals surface area contributed by atoms with E-state index in [-0.39, 0.29) is 17.4 Å². The summed E-state index contributed by atoms with van der Waals surface area (Å²) in [4.78, 5) is 32.2. The molecule has 2 fully saturated rings. The highest BCUT2D eigenvalue weighted by molar-refractivity contribution is 5.84. The van der Waals surface area contributed by atoms with Gasteiger partial charge in [0.2, 0.25) is 11.8 Å². The maximum atomic E-state index is 12.3. The summed E-state index contributed by atoms with van der Waals surface area (Å²) < 4.78 is 0. The van der Waals surface area contributed by atoms with Crippen LogP contribution in [0, 0.1) is 0 Å². The number of guanidine groups is 1. The van der Waals surface area contributed by atoms with Crippen LogP contribution in [0.2, 0.25) is 0 Å². The number of rotatable bonds is 3. The van der Waals surface area contributed by atoms with Crippen molar-refractivity contribution in [3.63, 3.8) is 0 Å². The van der Waals surface area contributed by atoms with Crippen molar-refractivity contribution >= 4 is 17.8 Å². The summed E-state index contributed by atoms with van der Waals surface area (Å²) in [7, 11) is 0. The fourth-order valence-corrected chi connectivity index (χ4v) is 3.55. The Labute approximate surface area is 130 Å². The number of nitrogens with two attached hydrogens (primary N) is 1. The molecule has 3 aliphatic heterocycles. The Morgan fingerprint density at radius 2 is 1.59 bits per heavy atom. The zero-order valence-electron chi connectivity index (χ0n) is 13.0. The van der Waals surface area contributed by atoms with Gasteiger partial charge in [0.15, 0.2) is 5.96 Å². The highest BCUT2D eigenvalue weighted by Crippen LogP contribution is 2.25. The minimum atomic E-state index is -0.0494. The Morgan fingerprint density at radius 3 is 2.09 bits per heavy atom. The molecule has 0 aliphatic carbocycles. The molecule has 7 nitrogen and oxygen atoms in total. The monoisotopic (exact) mass is 307 g/mol. The molecule has 3 heterocycles. The predicted octanol–water partition coefficient (Wildman–Crippen LogP) is -0.332. The van der Waals surface area contributed by atoms with E-state index in [1.165, 1.54) is 0 Å². The molecule has 22 heavy (non-hydrogen) atoms. The van der Waals surface area contributed by atoms with Crippen molar-refractivity contribution in [3.8, 4) is 0 Å². The maximum absolute atomic E-state index is 12.3. The fraction of sp³-hybridized carbons (Fsp3) is 0.800. The van der Waals surface area contributed by atoms with Gasteiger partial charge in [-0.05, 0) is 25.7 Å². The number of hydrogen-bond donors (Lipinski definition) is 2. The van der Waals surface area contributed by atoms with Crippen molar-refractivity contribution in [2.24, 2.45) is 10.7 Å². The number of nitrogens with one attached hydrogen (secondary N) is 1. The zero-order valence-corrected chi connectivity index (χ0v) is 13.0. The minimum Gasteiger partial charge on any atom is -0.370 e. The molecule has 7 heteroatoms. The van der Waals surface area contributed by atoms with Crippen molar-refractivity contribution < 1.29 is 9.59 Å². The first-order valence-corrected chi connectivity index (χ1v) is 8.22. The number of piperidine rings is 1. The smallest absolute Gasteiger partial charge is 0.223 e. The van der Waals surface area contributed by atoms with Crippen molar-refractivity contribution in [1.29, 1.82) is 0 Å². The summed E-state index contributed by atoms with van der Waals surface area (Å²) in [5.41, 5.74) is 5.64. The molecule has 0 aromatic heterocycles. The number of aliphatic imine (C=N–C) groups is 1. The van der Waals surface area contributed by atoms with Gasteiger partial charge in [-0.1, -0.05) is 0 Å². The molecular formula is C15H25N5O2. The average Bonchev–Trinajstić information content (AvgIpc) is 3.16. The van der Waals surface area contributed by atoms with Gasteiger partial charge in [-0.3, -0.25) is 14.6 Å². The second-order valence-electron chi connectivity index (χ2n) is 6.58. The summed E-state index contributed by atoms with van der Waals surface area (Å²) >= 11 is 0. The lowest BCUT2D eigenvalue weighted by Crippen LogP contribution is -2.55. The van der Waals surface area contributed by atoms with Crippen LogP contribution < -0.4 is 11.1 Å². The van der Waals surface area contributed by atoms with Crippen molar-refractivity contribution in [2.45, 2.75) is 44.1 Å². The average molecular weight is 307 g/mol. The van der Waals surface area contributed by atoms with Gasteiger partial charge in [0.05, 0.1) is 12.1 Å². The standard InChI is InChI=1S/C15H25N5O2/c16-14-17-11-15(18-14)5-9-20(10-6-15)13(22)4-3-12(21)19-7-1-2-8-19/h1-11H2,(H3,16,17,18). The summed E-state index contributed by atoms with van der Waals surface area (Å²) in [5.74, 6) is 0.725. The number of hydrogen-bond acceptors (Lipinski definition) is 5. The Morgan fingerprint density at radius 1 is 1.05 bits per heavy atom. The zero-order chi connectivity index (χ0) is 15.6. The molecule has 1 spiro atoms. The van der Waals surface area contributed by atoms with E-state index in [0.717, 1.165) is 38.8 Å². The SMILES string of the molecule is NC1=NCC2(CCN(C(=O)CCC(=O)N3CCCC3)CC2)N1. The van der Waals surface area contributed by atoms with Crippen LogP contribution in [0.25, 0.3) is 0 Å². The molecule has 0 aromatic rings. The highest BCUT2D eigenvalue weighted by atomic mass is 16.2. The lowest BCUT2D eigenvalue weighted by atomic mass is 9.88. The number of carbonyl (C=O) groups is 2.